The Labute approximate surface area is 109 Å². The van der Waals surface area contributed by atoms with Crippen molar-refractivity contribution in [3.05, 3.63) is 45.6 Å². The Morgan fingerprint density at radius 1 is 1.39 bits per heavy atom. The molecule has 0 fully saturated rings. The number of H-pyrrole nitrogens is 2. The van der Waals surface area contributed by atoms with Crippen molar-refractivity contribution in [1.82, 2.24) is 15.2 Å². The summed E-state index contributed by atoms with van der Waals surface area (Å²) in [7, 11) is 0. The molecule has 1 aromatic heterocycles. The molecule has 0 aliphatic rings. The molecule has 1 aromatic carbocycles. The molecule has 5 nitrogen and oxygen atoms in total. The summed E-state index contributed by atoms with van der Waals surface area (Å²) in [4.78, 5) is 13.4. The van der Waals surface area contributed by atoms with Crippen molar-refractivity contribution in [2.24, 2.45) is 0 Å². The van der Waals surface area contributed by atoms with Gasteiger partial charge in [0, 0.05) is 0 Å². The molecule has 0 saturated heterocycles. The Bertz CT molecular complexity index is 577. The average Bonchev–Trinajstić information content (AvgIpc) is 2.76. The normalized spacial score (nSPS) is 10.6. The summed E-state index contributed by atoms with van der Waals surface area (Å²) in [5.41, 5.74) is 2.10. The molecule has 0 saturated carbocycles. The molecule has 0 atom stereocenters. The van der Waals surface area contributed by atoms with Gasteiger partial charge in [0.25, 0.3) is 0 Å². The third kappa shape index (κ3) is 3.16. The second-order valence-corrected chi connectivity index (χ2v) is 4.87. The van der Waals surface area contributed by atoms with Crippen LogP contribution in [0.15, 0.2) is 23.0 Å². The number of nitrogens with one attached hydrogen (secondary N) is 2. The summed E-state index contributed by atoms with van der Waals surface area (Å²) in [5.74, 6) is 2.68. The maximum atomic E-state index is 10.8. The third-order valence-corrected chi connectivity index (χ3v) is 3.40. The molecule has 0 spiro atoms. The maximum absolute atomic E-state index is 10.8. The molecule has 0 aliphatic carbocycles. The van der Waals surface area contributed by atoms with E-state index in [9.17, 15) is 4.79 Å². The van der Waals surface area contributed by atoms with Crippen LogP contribution < -0.4 is 10.4 Å². The number of hydrogen-bond acceptors (Lipinski definition) is 4. The zero-order valence-electron chi connectivity index (χ0n) is 10.3. The molecule has 96 valence electrons. The molecule has 1 heterocycles. The van der Waals surface area contributed by atoms with Gasteiger partial charge in [0.2, 0.25) is 0 Å². The van der Waals surface area contributed by atoms with Gasteiger partial charge < -0.3 is 4.74 Å². The van der Waals surface area contributed by atoms with Gasteiger partial charge in [-0.1, -0.05) is 12.1 Å². The van der Waals surface area contributed by atoms with E-state index in [1.165, 1.54) is 5.56 Å². The van der Waals surface area contributed by atoms with Gasteiger partial charge in [-0.2, -0.15) is 5.10 Å². The zero-order chi connectivity index (χ0) is 13.0. The Morgan fingerprint density at radius 3 is 2.94 bits per heavy atom. The summed E-state index contributed by atoms with van der Waals surface area (Å²) in [6, 6.07) is 6.00. The predicted molar refractivity (Wildman–Crippen MR) is 71.9 cm³/mol. The van der Waals surface area contributed by atoms with Crippen molar-refractivity contribution in [1.29, 1.82) is 0 Å². The summed E-state index contributed by atoms with van der Waals surface area (Å²) in [5, 5.41) is 6.15. The van der Waals surface area contributed by atoms with Crippen LogP contribution in [0.25, 0.3) is 0 Å². The van der Waals surface area contributed by atoms with E-state index < -0.39 is 0 Å². The standard InChI is InChI=1S/C12H15N3O2S/c1-8-4-3-5-10(9(8)2)17-7-18-6-11-13-12(16)15-14-11/h3-5H,6-7H2,1-2H3,(H2,13,14,15,16). The molecule has 0 bridgehead atoms. The fourth-order valence-electron chi connectivity index (χ4n) is 1.50. The van der Waals surface area contributed by atoms with E-state index in [1.807, 2.05) is 19.1 Å². The van der Waals surface area contributed by atoms with Gasteiger partial charge in [0.1, 0.15) is 17.5 Å². The zero-order valence-corrected chi connectivity index (χ0v) is 11.1. The van der Waals surface area contributed by atoms with Crippen LogP contribution in [0, 0.1) is 13.8 Å². The van der Waals surface area contributed by atoms with Crippen molar-refractivity contribution in [3.63, 3.8) is 0 Å². The number of aromatic amines is 2. The summed E-state index contributed by atoms with van der Waals surface area (Å²) >= 11 is 1.55. The Balaban J connectivity index is 1.82. The van der Waals surface area contributed by atoms with Gasteiger partial charge in [0.05, 0.1) is 5.75 Å². The fraction of sp³-hybridized carbons (Fsp3) is 0.333. The lowest BCUT2D eigenvalue weighted by atomic mass is 10.1. The van der Waals surface area contributed by atoms with Crippen molar-refractivity contribution in [2.45, 2.75) is 19.6 Å². The molecule has 2 N–H and O–H groups in total. The maximum Gasteiger partial charge on any atom is 0.340 e. The van der Waals surface area contributed by atoms with Gasteiger partial charge in [-0.15, -0.1) is 11.8 Å². The van der Waals surface area contributed by atoms with Crippen LogP contribution in [0.2, 0.25) is 0 Å². The van der Waals surface area contributed by atoms with Crippen LogP contribution >= 0.6 is 11.8 Å². The van der Waals surface area contributed by atoms with E-state index in [1.54, 1.807) is 11.8 Å². The Kier molecular flexibility index (Phi) is 4.09. The van der Waals surface area contributed by atoms with Crippen molar-refractivity contribution in [3.8, 4) is 5.75 Å². The molecular weight excluding hydrogens is 250 g/mol. The SMILES string of the molecule is Cc1cccc(OCSCc2n[nH]c(=O)[nH]2)c1C. The number of aromatic nitrogens is 3. The molecule has 0 amide bonds. The highest BCUT2D eigenvalue weighted by atomic mass is 32.2. The monoisotopic (exact) mass is 265 g/mol. The Hall–Kier alpha value is -1.69. The largest absolute Gasteiger partial charge is 0.483 e. The number of rotatable bonds is 5. The molecule has 2 aromatic rings. The second-order valence-electron chi connectivity index (χ2n) is 3.93. The molecule has 2 rings (SSSR count). The summed E-state index contributed by atoms with van der Waals surface area (Å²) < 4.78 is 5.68. The summed E-state index contributed by atoms with van der Waals surface area (Å²) in [6.45, 7) is 4.10. The van der Waals surface area contributed by atoms with Crippen LogP contribution in [0.5, 0.6) is 5.75 Å². The van der Waals surface area contributed by atoms with Crippen LogP contribution in [-0.4, -0.2) is 21.1 Å². The van der Waals surface area contributed by atoms with E-state index in [-0.39, 0.29) is 5.69 Å². The number of nitrogens with zero attached hydrogens (tertiary/aromatic N) is 1. The van der Waals surface area contributed by atoms with E-state index in [2.05, 4.69) is 28.2 Å². The number of benzene rings is 1. The van der Waals surface area contributed by atoms with Crippen LogP contribution in [0.1, 0.15) is 17.0 Å². The van der Waals surface area contributed by atoms with Crippen LogP contribution in [0.3, 0.4) is 0 Å². The minimum atomic E-state index is -0.277. The number of hydrogen-bond donors (Lipinski definition) is 2. The van der Waals surface area contributed by atoms with Gasteiger partial charge >= 0.3 is 5.69 Å². The lowest BCUT2D eigenvalue weighted by Crippen LogP contribution is -2.01. The van der Waals surface area contributed by atoms with Gasteiger partial charge in [-0.3, -0.25) is 4.98 Å². The van der Waals surface area contributed by atoms with Crippen LogP contribution in [0.4, 0.5) is 0 Å². The number of thioether (sulfide) groups is 1. The molecule has 0 unspecified atom stereocenters. The minimum Gasteiger partial charge on any atom is -0.483 e. The van der Waals surface area contributed by atoms with Gasteiger partial charge in [-0.25, -0.2) is 9.89 Å². The number of ether oxygens (including phenoxy) is 1. The smallest absolute Gasteiger partial charge is 0.340 e. The first kappa shape index (κ1) is 12.8. The lowest BCUT2D eigenvalue weighted by Gasteiger charge is -2.09. The summed E-state index contributed by atoms with van der Waals surface area (Å²) in [6.07, 6.45) is 0. The van der Waals surface area contributed by atoms with Crippen molar-refractivity contribution >= 4 is 11.8 Å². The molecular formula is C12H15N3O2S. The van der Waals surface area contributed by atoms with Crippen molar-refractivity contribution < 1.29 is 4.74 Å². The first-order valence-corrected chi connectivity index (χ1v) is 6.72. The van der Waals surface area contributed by atoms with E-state index in [0.29, 0.717) is 17.5 Å². The van der Waals surface area contributed by atoms with E-state index in [4.69, 9.17) is 4.74 Å². The minimum absolute atomic E-state index is 0.277. The van der Waals surface area contributed by atoms with E-state index >= 15 is 0 Å². The highest BCUT2D eigenvalue weighted by Crippen LogP contribution is 2.22. The quantitative estimate of drug-likeness (QED) is 0.640. The first-order valence-electron chi connectivity index (χ1n) is 5.57. The average molecular weight is 265 g/mol. The first-order chi connectivity index (χ1) is 8.66. The van der Waals surface area contributed by atoms with E-state index in [0.717, 1.165) is 11.3 Å². The Morgan fingerprint density at radius 2 is 2.22 bits per heavy atom. The second kappa shape index (κ2) is 5.77. The predicted octanol–water partition coefficient (Wildman–Crippen LogP) is 1.98. The fourth-order valence-corrected chi connectivity index (χ4v) is 2.12. The van der Waals surface area contributed by atoms with Gasteiger partial charge in [-0.05, 0) is 31.0 Å². The topological polar surface area (TPSA) is 70.8 Å². The lowest BCUT2D eigenvalue weighted by molar-refractivity contribution is 0.389. The molecule has 6 heteroatoms. The van der Waals surface area contributed by atoms with Crippen LogP contribution in [-0.2, 0) is 5.75 Å². The van der Waals surface area contributed by atoms with Gasteiger partial charge in [0.15, 0.2) is 0 Å². The third-order valence-electron chi connectivity index (χ3n) is 2.64. The molecule has 18 heavy (non-hydrogen) atoms. The number of aryl methyl sites for hydroxylation is 1. The highest BCUT2D eigenvalue weighted by Gasteiger charge is 2.02. The molecule has 0 aliphatic heterocycles. The highest BCUT2D eigenvalue weighted by molar-refractivity contribution is 7.98. The van der Waals surface area contributed by atoms with Crippen molar-refractivity contribution in [2.75, 3.05) is 5.94 Å². The molecule has 0 radical (unpaired) electrons.